The van der Waals surface area contributed by atoms with Crippen LogP contribution in [-0.4, -0.2) is 211 Å². The number of carbonyl (C=O) groups excluding carboxylic acids is 10. The number of aliphatic imine (C=N–C) groups is 1. The zero-order valence-electron chi connectivity index (χ0n) is 42.2. The molecule has 0 aliphatic carbocycles. The van der Waals surface area contributed by atoms with Gasteiger partial charge in [0.25, 0.3) is 0 Å². The number of aliphatic hydroxyl groups excluding tert-OH is 5. The van der Waals surface area contributed by atoms with Gasteiger partial charge in [0.05, 0.1) is 31.5 Å². The summed E-state index contributed by atoms with van der Waals surface area (Å²) in [7, 11) is 0. The lowest BCUT2D eigenvalue weighted by atomic mass is 10.0. The first-order valence-corrected chi connectivity index (χ1v) is 23.3. The van der Waals surface area contributed by atoms with Gasteiger partial charge in [-0.15, -0.1) is 0 Å². The molecule has 24 N–H and O–H groups in total. The Hall–Kier alpha value is -7.33. The molecule has 13 atom stereocenters. The van der Waals surface area contributed by atoms with Crippen LogP contribution in [0, 0.1) is 5.92 Å². The summed E-state index contributed by atoms with van der Waals surface area (Å²) < 4.78 is 0. The van der Waals surface area contributed by atoms with Crippen LogP contribution in [0.25, 0.3) is 0 Å². The van der Waals surface area contributed by atoms with Crippen molar-refractivity contribution in [2.75, 3.05) is 19.8 Å². The molecule has 33 nitrogen and oxygen atoms in total. The first kappa shape index (κ1) is 67.7. The molecule has 10 amide bonds. The van der Waals surface area contributed by atoms with Gasteiger partial charge in [-0.05, 0) is 59.3 Å². The molecule has 0 saturated carbocycles. The Labute approximate surface area is 429 Å². The van der Waals surface area contributed by atoms with Crippen LogP contribution < -0.4 is 70.8 Å². The van der Waals surface area contributed by atoms with Gasteiger partial charge in [-0.1, -0.05) is 13.8 Å². The minimum Gasteiger partial charge on any atom is -0.481 e. The number of carboxylic acids is 2. The van der Waals surface area contributed by atoms with E-state index in [0.717, 1.165) is 20.8 Å². The maximum Gasteiger partial charge on any atom is 0.326 e. The maximum absolute atomic E-state index is 13.7. The Bertz CT molecular complexity index is 2040. The average molecular weight is 1080 g/mol. The summed E-state index contributed by atoms with van der Waals surface area (Å²) in [5.41, 5.74) is 21.6. The molecule has 0 aromatic rings. The third kappa shape index (κ3) is 25.0. The van der Waals surface area contributed by atoms with Gasteiger partial charge in [-0.3, -0.25) is 57.7 Å². The van der Waals surface area contributed by atoms with Crippen molar-refractivity contribution in [1.82, 2.24) is 47.9 Å². The first-order chi connectivity index (χ1) is 34.8. The van der Waals surface area contributed by atoms with E-state index in [-0.39, 0.29) is 25.3 Å². The Morgan fingerprint density at radius 3 is 1.24 bits per heavy atom. The molecule has 0 rings (SSSR count). The number of carboxylic acid groups (broad SMARTS) is 2. The van der Waals surface area contributed by atoms with E-state index in [4.69, 9.17) is 22.9 Å². The summed E-state index contributed by atoms with van der Waals surface area (Å²) in [6.45, 7) is 5.06. The molecule has 0 aliphatic rings. The highest BCUT2D eigenvalue weighted by Crippen LogP contribution is 2.08. The first-order valence-electron chi connectivity index (χ1n) is 23.3. The van der Waals surface area contributed by atoms with Gasteiger partial charge in [-0.25, -0.2) is 4.79 Å². The predicted octanol–water partition coefficient (Wildman–Crippen LogP) is -10.3. The molecule has 0 unspecified atom stereocenters. The van der Waals surface area contributed by atoms with E-state index in [1.54, 1.807) is 0 Å². The van der Waals surface area contributed by atoms with E-state index >= 15 is 0 Å². The molecule has 0 aromatic carbocycles. The van der Waals surface area contributed by atoms with Gasteiger partial charge in [0, 0.05) is 19.4 Å². The van der Waals surface area contributed by atoms with E-state index in [9.17, 15) is 93.3 Å². The number of amides is 10. The highest BCUT2D eigenvalue weighted by molar-refractivity contribution is 5.99. The number of nitrogens with two attached hydrogens (primary N) is 4. The van der Waals surface area contributed by atoms with Crippen molar-refractivity contribution in [2.24, 2.45) is 33.8 Å². The number of primary amides is 1. The molecule has 33 heteroatoms. The summed E-state index contributed by atoms with van der Waals surface area (Å²) in [5, 5.41) is 88.6. The largest absolute Gasteiger partial charge is 0.481 e. The highest BCUT2D eigenvalue weighted by atomic mass is 16.4. The zero-order valence-corrected chi connectivity index (χ0v) is 42.2. The normalized spacial score (nSPS) is 16.3. The van der Waals surface area contributed by atoms with Crippen molar-refractivity contribution < 1.29 is 93.3 Å². The fourth-order valence-electron chi connectivity index (χ4n) is 6.30. The second kappa shape index (κ2) is 33.5. The lowest BCUT2D eigenvalue weighted by Gasteiger charge is -2.28. The van der Waals surface area contributed by atoms with Crippen molar-refractivity contribution in [2.45, 2.75) is 159 Å². The van der Waals surface area contributed by atoms with E-state index in [1.807, 2.05) is 0 Å². The number of carbonyl (C=O) groups is 12. The molecule has 0 bridgehead atoms. The number of guanidine groups is 1. The second-order valence-corrected chi connectivity index (χ2v) is 17.6. The Balaban J connectivity index is 6.42. The quantitative estimate of drug-likeness (QED) is 0.0159. The fraction of sp³-hybridized carbons (Fsp3) is 0.690. The molecule has 0 aliphatic heterocycles. The van der Waals surface area contributed by atoms with Crippen LogP contribution in [0.5, 0.6) is 0 Å². The van der Waals surface area contributed by atoms with Gasteiger partial charge in [0.15, 0.2) is 5.96 Å². The zero-order chi connectivity index (χ0) is 58.0. The van der Waals surface area contributed by atoms with E-state index in [2.05, 4.69) is 52.8 Å². The Morgan fingerprint density at radius 2 is 0.827 bits per heavy atom. The van der Waals surface area contributed by atoms with Crippen LogP contribution in [-0.2, 0) is 57.5 Å². The standard InChI is InChI=1S/C42H74N14O19/c1-16(2)29(41(74)75)54-40(73)31(20(6)61)56-37(70)25(15-58)52-35(68)23(10-12-27(63)64)51-39(72)30(19(5)60)55-32(65)17(3)48-33(66)22(9-11-26(43)62)50-34(67)21(8-7-13-47-42(45)46)49-36(69)24(14-57)53-38(71)28(44)18(4)59/h16-25,28-31,57-61H,7-15,44H2,1-6H3,(H2,43,62)(H,48,66)(H,49,69)(H,50,67)(H,51,72)(H,52,68)(H,53,71)(H,54,73)(H,55,65)(H,56,70)(H,63,64)(H,74,75)(H4,45,46,47)/t17-,18+,19+,20+,21-,22-,23-,24-,25-,28-,29-,30-,31-/m0/s1. The third-order valence-corrected chi connectivity index (χ3v) is 10.7. The van der Waals surface area contributed by atoms with Crippen LogP contribution in [0.3, 0.4) is 0 Å². The number of aliphatic carboxylic acids is 2. The maximum atomic E-state index is 13.7. The lowest BCUT2D eigenvalue weighted by Crippen LogP contribution is -2.62. The fourth-order valence-corrected chi connectivity index (χ4v) is 6.30. The number of nitrogens with one attached hydrogen (secondary N) is 9. The monoisotopic (exact) mass is 1080 g/mol. The van der Waals surface area contributed by atoms with E-state index in [0.29, 0.717) is 0 Å². The van der Waals surface area contributed by atoms with Crippen LogP contribution in [0.4, 0.5) is 0 Å². The summed E-state index contributed by atoms with van der Waals surface area (Å²) >= 11 is 0. The number of rotatable bonds is 35. The van der Waals surface area contributed by atoms with Crippen molar-refractivity contribution in [1.29, 1.82) is 0 Å². The minimum absolute atomic E-state index is 0.0162. The summed E-state index contributed by atoms with van der Waals surface area (Å²) in [4.78, 5) is 158. The van der Waals surface area contributed by atoms with Gasteiger partial charge < -0.3 is 107 Å². The molecule has 0 aromatic heterocycles. The molecule has 0 radical (unpaired) electrons. The molecule has 426 valence electrons. The molecule has 0 fully saturated rings. The Morgan fingerprint density at radius 1 is 0.453 bits per heavy atom. The SMILES string of the molecule is CC(C)[C@H](NC(=O)[C@@H](NC(=O)[C@H](CO)NC(=O)[C@H](CCC(=O)O)NC(=O)[C@@H](NC(=O)[C@H](C)NC(=O)[C@H](CCC(N)=O)NC(=O)[C@H](CCCN=C(N)N)NC(=O)[C@H](CO)NC(=O)[C@@H](N)[C@@H](C)O)[C@@H](C)O)[C@@H](C)O)C(=O)O. The van der Waals surface area contributed by atoms with Gasteiger partial charge in [0.1, 0.15) is 60.4 Å². The van der Waals surface area contributed by atoms with Gasteiger partial charge in [0.2, 0.25) is 59.1 Å². The predicted molar refractivity (Wildman–Crippen MR) is 258 cm³/mol. The van der Waals surface area contributed by atoms with Crippen LogP contribution >= 0.6 is 0 Å². The van der Waals surface area contributed by atoms with Crippen LogP contribution in [0.15, 0.2) is 4.99 Å². The summed E-state index contributed by atoms with van der Waals surface area (Å²) in [6.07, 6.45) is -7.54. The molecule has 0 spiro atoms. The molecular formula is C42H74N14O19. The van der Waals surface area contributed by atoms with Gasteiger partial charge in [-0.2, -0.15) is 0 Å². The number of nitrogens with zero attached hydrogens (tertiary/aromatic N) is 1. The highest BCUT2D eigenvalue weighted by Gasteiger charge is 2.37. The third-order valence-electron chi connectivity index (χ3n) is 10.7. The Kier molecular flexibility index (Phi) is 30.2. The van der Waals surface area contributed by atoms with Crippen molar-refractivity contribution >= 4 is 77.0 Å². The molecule has 0 heterocycles. The van der Waals surface area contributed by atoms with E-state index in [1.165, 1.54) is 20.8 Å². The average Bonchev–Trinajstić information content (AvgIpc) is 3.31. The van der Waals surface area contributed by atoms with Crippen molar-refractivity contribution in [3.05, 3.63) is 0 Å². The molecule has 75 heavy (non-hydrogen) atoms. The number of aliphatic hydroxyl groups is 5. The summed E-state index contributed by atoms with van der Waals surface area (Å²) in [5.74, 6) is -15.4. The van der Waals surface area contributed by atoms with Crippen LogP contribution in [0.2, 0.25) is 0 Å². The van der Waals surface area contributed by atoms with Crippen LogP contribution in [0.1, 0.15) is 80.1 Å². The summed E-state index contributed by atoms with van der Waals surface area (Å²) in [6, 6.07) is -17.2. The van der Waals surface area contributed by atoms with E-state index < -0.39 is 195 Å². The molecule has 0 saturated heterocycles. The van der Waals surface area contributed by atoms with Crippen molar-refractivity contribution in [3.8, 4) is 0 Å². The lowest BCUT2D eigenvalue weighted by molar-refractivity contribution is -0.144. The number of hydrogen-bond acceptors (Lipinski definition) is 19. The topological polar surface area (TPSA) is 571 Å². The second-order valence-electron chi connectivity index (χ2n) is 17.6. The van der Waals surface area contributed by atoms with Crippen molar-refractivity contribution in [3.63, 3.8) is 0 Å². The smallest absolute Gasteiger partial charge is 0.326 e. The number of hydrogen-bond donors (Lipinski definition) is 20. The van der Waals surface area contributed by atoms with Gasteiger partial charge >= 0.3 is 11.9 Å². The minimum atomic E-state index is -1.97. The molecular weight excluding hydrogens is 1000 g/mol.